The van der Waals surface area contributed by atoms with Gasteiger partial charge in [-0.2, -0.15) is 0 Å². The van der Waals surface area contributed by atoms with Gasteiger partial charge in [-0.3, -0.25) is 4.79 Å². The molecule has 7 heteroatoms. The highest BCUT2D eigenvalue weighted by molar-refractivity contribution is 6.28. The summed E-state index contributed by atoms with van der Waals surface area (Å²) in [6.45, 7) is 4.21. The molecule has 0 bridgehead atoms. The number of hydrogen-bond acceptors (Lipinski definition) is 5. The summed E-state index contributed by atoms with van der Waals surface area (Å²) < 4.78 is 5.39. The minimum Gasteiger partial charge on any atom is -0.377 e. The summed E-state index contributed by atoms with van der Waals surface area (Å²) >= 11 is 5.79. The van der Waals surface area contributed by atoms with Crippen LogP contribution in [0.1, 0.15) is 13.3 Å². The zero-order valence-corrected chi connectivity index (χ0v) is 11.6. The molecule has 1 aromatic heterocycles. The van der Waals surface area contributed by atoms with Gasteiger partial charge in [0.1, 0.15) is 11.9 Å². The molecule has 19 heavy (non-hydrogen) atoms. The normalized spacial score (nSPS) is 19.3. The van der Waals surface area contributed by atoms with Gasteiger partial charge in [0.05, 0.1) is 13.2 Å². The number of morpholine rings is 1. The van der Waals surface area contributed by atoms with E-state index in [9.17, 15) is 4.79 Å². The molecule has 1 aliphatic rings. The fourth-order valence-electron chi connectivity index (χ4n) is 1.95. The summed E-state index contributed by atoms with van der Waals surface area (Å²) in [6, 6.07) is 1.38. The predicted octanol–water partition coefficient (Wildman–Crippen LogP) is 0.861. The summed E-state index contributed by atoms with van der Waals surface area (Å²) in [5.41, 5.74) is 0. The van der Waals surface area contributed by atoms with Crippen molar-refractivity contribution in [2.75, 3.05) is 31.2 Å². The van der Waals surface area contributed by atoms with Crippen LogP contribution in [0.25, 0.3) is 0 Å². The van der Waals surface area contributed by atoms with E-state index in [0.29, 0.717) is 32.1 Å². The number of carbonyl (C=O) groups excluding carboxylic acids is 1. The second kappa shape index (κ2) is 6.68. The van der Waals surface area contributed by atoms with Crippen molar-refractivity contribution in [2.45, 2.75) is 19.4 Å². The molecule has 1 unspecified atom stereocenters. The van der Waals surface area contributed by atoms with Crippen LogP contribution < -0.4 is 10.2 Å². The molecule has 0 saturated carbocycles. The van der Waals surface area contributed by atoms with Crippen molar-refractivity contribution in [3.05, 3.63) is 17.5 Å². The summed E-state index contributed by atoms with van der Waals surface area (Å²) in [7, 11) is 0. The molecule has 1 amide bonds. The van der Waals surface area contributed by atoms with Gasteiger partial charge in [0, 0.05) is 19.3 Å². The molecular formula is C12H17ClN4O2. The third-order valence-corrected chi connectivity index (χ3v) is 3.07. The number of amides is 1. The van der Waals surface area contributed by atoms with Gasteiger partial charge in [-0.1, -0.05) is 6.92 Å². The largest absolute Gasteiger partial charge is 0.377 e. The molecule has 1 aliphatic heterocycles. The maximum atomic E-state index is 12.1. The van der Waals surface area contributed by atoms with Crippen molar-refractivity contribution in [1.82, 2.24) is 15.3 Å². The number of anilines is 1. The summed E-state index contributed by atoms with van der Waals surface area (Å²) in [5.74, 6) is 0.608. The quantitative estimate of drug-likeness (QED) is 0.831. The van der Waals surface area contributed by atoms with Crippen LogP contribution in [-0.2, 0) is 9.53 Å². The van der Waals surface area contributed by atoms with E-state index >= 15 is 0 Å². The van der Waals surface area contributed by atoms with E-state index in [1.54, 1.807) is 12.3 Å². The first-order chi connectivity index (χ1) is 9.22. The van der Waals surface area contributed by atoms with E-state index in [-0.39, 0.29) is 17.2 Å². The topological polar surface area (TPSA) is 67.3 Å². The number of carbonyl (C=O) groups is 1. The van der Waals surface area contributed by atoms with Crippen molar-refractivity contribution in [3.63, 3.8) is 0 Å². The molecule has 2 heterocycles. The molecule has 1 atom stereocenters. The maximum absolute atomic E-state index is 12.1. The minimum absolute atomic E-state index is 0.0451. The Balaban J connectivity index is 2.13. The molecular weight excluding hydrogens is 268 g/mol. The zero-order valence-electron chi connectivity index (χ0n) is 10.8. The van der Waals surface area contributed by atoms with Crippen LogP contribution in [0.4, 0.5) is 5.82 Å². The molecule has 1 saturated heterocycles. The Kier molecular flexibility index (Phi) is 4.93. The van der Waals surface area contributed by atoms with Gasteiger partial charge >= 0.3 is 0 Å². The van der Waals surface area contributed by atoms with Crippen LogP contribution in [0.15, 0.2) is 12.3 Å². The second-order valence-electron chi connectivity index (χ2n) is 4.26. The number of ether oxygens (including phenoxy) is 1. The molecule has 0 radical (unpaired) electrons. The summed E-state index contributed by atoms with van der Waals surface area (Å²) in [6.07, 6.45) is 2.49. The summed E-state index contributed by atoms with van der Waals surface area (Å²) in [4.78, 5) is 22.0. The fourth-order valence-corrected chi connectivity index (χ4v) is 2.09. The Morgan fingerprint density at radius 1 is 1.68 bits per heavy atom. The molecule has 0 spiro atoms. The predicted molar refractivity (Wildman–Crippen MR) is 72.3 cm³/mol. The van der Waals surface area contributed by atoms with Crippen molar-refractivity contribution in [3.8, 4) is 0 Å². The Morgan fingerprint density at radius 2 is 2.53 bits per heavy atom. The van der Waals surface area contributed by atoms with Crippen LogP contribution in [0.2, 0.25) is 5.28 Å². The fraction of sp³-hybridized carbons (Fsp3) is 0.583. The third kappa shape index (κ3) is 3.54. The highest BCUT2D eigenvalue weighted by Gasteiger charge is 2.30. The van der Waals surface area contributed by atoms with E-state index in [2.05, 4.69) is 15.3 Å². The SMILES string of the molecule is CCCNC(=O)C1COCCN1c1ccnc(Cl)n1. The average Bonchev–Trinajstić information content (AvgIpc) is 2.45. The van der Waals surface area contributed by atoms with Crippen LogP contribution in [0.3, 0.4) is 0 Å². The van der Waals surface area contributed by atoms with E-state index in [1.807, 2.05) is 11.8 Å². The number of rotatable bonds is 4. The standard InChI is InChI=1S/C12H17ClN4O2/c1-2-4-14-11(18)9-8-19-7-6-17(9)10-3-5-15-12(13)16-10/h3,5,9H,2,4,6-8H2,1H3,(H,14,18). The molecule has 1 N–H and O–H groups in total. The number of hydrogen-bond donors (Lipinski definition) is 1. The van der Waals surface area contributed by atoms with Crippen LogP contribution in [0, 0.1) is 0 Å². The van der Waals surface area contributed by atoms with Crippen molar-refractivity contribution in [2.24, 2.45) is 0 Å². The zero-order chi connectivity index (χ0) is 13.7. The molecule has 1 aromatic rings. The lowest BCUT2D eigenvalue weighted by Crippen LogP contribution is -2.54. The molecule has 104 valence electrons. The van der Waals surface area contributed by atoms with Gasteiger partial charge in [0.2, 0.25) is 11.2 Å². The van der Waals surface area contributed by atoms with E-state index < -0.39 is 0 Å². The Bertz CT molecular complexity index is 443. The van der Waals surface area contributed by atoms with Crippen molar-refractivity contribution >= 4 is 23.3 Å². The smallest absolute Gasteiger partial charge is 0.245 e. The van der Waals surface area contributed by atoms with Gasteiger partial charge < -0.3 is 15.0 Å². The minimum atomic E-state index is -0.369. The lowest BCUT2D eigenvalue weighted by atomic mass is 10.2. The van der Waals surface area contributed by atoms with Gasteiger partial charge in [-0.05, 0) is 24.1 Å². The molecule has 2 rings (SSSR count). The Hall–Kier alpha value is -1.40. The molecule has 0 aromatic carbocycles. The van der Waals surface area contributed by atoms with Crippen LogP contribution in [0.5, 0.6) is 0 Å². The number of nitrogens with zero attached hydrogens (tertiary/aromatic N) is 3. The number of aromatic nitrogens is 2. The van der Waals surface area contributed by atoms with Gasteiger partial charge in [-0.25, -0.2) is 9.97 Å². The molecule has 0 aliphatic carbocycles. The molecule has 1 fully saturated rings. The van der Waals surface area contributed by atoms with Gasteiger partial charge in [-0.15, -0.1) is 0 Å². The number of nitrogens with one attached hydrogen (secondary N) is 1. The van der Waals surface area contributed by atoms with Crippen molar-refractivity contribution < 1.29 is 9.53 Å². The average molecular weight is 285 g/mol. The first kappa shape index (κ1) is 14.0. The number of halogens is 1. The van der Waals surface area contributed by atoms with E-state index in [0.717, 1.165) is 6.42 Å². The lowest BCUT2D eigenvalue weighted by Gasteiger charge is -2.35. The first-order valence-corrected chi connectivity index (χ1v) is 6.71. The van der Waals surface area contributed by atoms with E-state index in [1.165, 1.54) is 0 Å². The van der Waals surface area contributed by atoms with Crippen LogP contribution >= 0.6 is 11.6 Å². The monoisotopic (exact) mass is 284 g/mol. The summed E-state index contributed by atoms with van der Waals surface area (Å²) in [5, 5.41) is 3.06. The second-order valence-corrected chi connectivity index (χ2v) is 4.60. The van der Waals surface area contributed by atoms with Crippen LogP contribution in [-0.4, -0.2) is 48.2 Å². The van der Waals surface area contributed by atoms with Gasteiger partial charge in [0.25, 0.3) is 0 Å². The lowest BCUT2D eigenvalue weighted by molar-refractivity contribution is -0.124. The third-order valence-electron chi connectivity index (χ3n) is 2.89. The highest BCUT2D eigenvalue weighted by Crippen LogP contribution is 2.18. The molecule has 6 nitrogen and oxygen atoms in total. The van der Waals surface area contributed by atoms with Gasteiger partial charge in [0.15, 0.2) is 0 Å². The van der Waals surface area contributed by atoms with Crippen molar-refractivity contribution in [1.29, 1.82) is 0 Å². The maximum Gasteiger partial charge on any atom is 0.245 e. The van der Waals surface area contributed by atoms with E-state index in [4.69, 9.17) is 16.3 Å². The highest BCUT2D eigenvalue weighted by atomic mass is 35.5. The Labute approximate surface area is 117 Å². The first-order valence-electron chi connectivity index (χ1n) is 6.33. The Morgan fingerprint density at radius 3 is 3.26 bits per heavy atom.